The van der Waals surface area contributed by atoms with Crippen LogP contribution < -0.4 is 0 Å². The van der Waals surface area contributed by atoms with Crippen molar-refractivity contribution >= 4 is 11.2 Å². The van der Waals surface area contributed by atoms with Gasteiger partial charge in [-0.15, -0.1) is 0 Å². The molecule has 1 aliphatic carbocycles. The Morgan fingerprint density at radius 1 is 1.17 bits per heavy atom. The van der Waals surface area contributed by atoms with Gasteiger partial charge in [0.1, 0.15) is 11.3 Å². The monoisotopic (exact) mass is 312 g/mol. The first kappa shape index (κ1) is 15.1. The summed E-state index contributed by atoms with van der Waals surface area (Å²) in [6.45, 7) is 5.88. The van der Waals surface area contributed by atoms with Crippen LogP contribution in [0, 0.1) is 0 Å². The number of aromatic nitrogens is 3. The molecule has 1 saturated carbocycles. The van der Waals surface area contributed by atoms with Crippen molar-refractivity contribution < 1.29 is 0 Å². The number of likely N-dealkylation sites (tertiary alicyclic amines) is 1. The molecule has 0 amide bonds. The fraction of sp³-hybridized carbons (Fsp3) is 0.684. The van der Waals surface area contributed by atoms with E-state index in [2.05, 4.69) is 34.4 Å². The highest BCUT2D eigenvalue weighted by Crippen LogP contribution is 2.34. The molecule has 0 spiro atoms. The largest absolute Gasteiger partial charge is 0.310 e. The molecule has 4 nitrogen and oxygen atoms in total. The third kappa shape index (κ3) is 2.78. The predicted octanol–water partition coefficient (Wildman–Crippen LogP) is 3.96. The molecule has 4 rings (SSSR count). The van der Waals surface area contributed by atoms with Gasteiger partial charge in [-0.2, -0.15) is 0 Å². The van der Waals surface area contributed by atoms with Crippen molar-refractivity contribution in [2.75, 3.05) is 6.54 Å². The van der Waals surface area contributed by atoms with Gasteiger partial charge in [-0.3, -0.25) is 4.90 Å². The smallest absolute Gasteiger partial charge is 0.160 e. The quantitative estimate of drug-likeness (QED) is 0.857. The van der Waals surface area contributed by atoms with Crippen LogP contribution in [0.4, 0.5) is 0 Å². The lowest BCUT2D eigenvalue weighted by molar-refractivity contribution is 0.199. The minimum absolute atomic E-state index is 0.610. The summed E-state index contributed by atoms with van der Waals surface area (Å²) >= 11 is 0. The first-order chi connectivity index (χ1) is 11.2. The SMILES string of the molecule is CC(C)N1CCCC1Cc1nc2cccnc2n1C1CCCC1. The van der Waals surface area contributed by atoms with Gasteiger partial charge in [-0.25, -0.2) is 9.97 Å². The average molecular weight is 312 g/mol. The molecule has 1 aliphatic heterocycles. The summed E-state index contributed by atoms with van der Waals surface area (Å²) in [6, 6.07) is 6.01. The van der Waals surface area contributed by atoms with Crippen LogP contribution in [0.5, 0.6) is 0 Å². The van der Waals surface area contributed by atoms with E-state index in [-0.39, 0.29) is 0 Å². The molecule has 2 aliphatic rings. The Balaban J connectivity index is 1.69. The van der Waals surface area contributed by atoms with E-state index in [4.69, 9.17) is 4.98 Å². The van der Waals surface area contributed by atoms with Crippen molar-refractivity contribution in [3.8, 4) is 0 Å². The van der Waals surface area contributed by atoms with E-state index in [1.54, 1.807) is 0 Å². The second-order valence-electron chi connectivity index (χ2n) is 7.51. The molecule has 4 heteroatoms. The zero-order chi connectivity index (χ0) is 15.8. The minimum Gasteiger partial charge on any atom is -0.310 e. The van der Waals surface area contributed by atoms with E-state index in [1.807, 2.05) is 12.3 Å². The lowest BCUT2D eigenvalue weighted by Crippen LogP contribution is -2.37. The molecule has 2 fully saturated rings. The molecular formula is C19H28N4. The van der Waals surface area contributed by atoms with Crippen LogP contribution in [-0.2, 0) is 6.42 Å². The predicted molar refractivity (Wildman–Crippen MR) is 93.6 cm³/mol. The highest BCUT2D eigenvalue weighted by atomic mass is 15.2. The molecule has 2 aromatic heterocycles. The fourth-order valence-electron chi connectivity index (χ4n) is 4.63. The summed E-state index contributed by atoms with van der Waals surface area (Å²) in [5, 5.41) is 0. The highest BCUT2D eigenvalue weighted by Gasteiger charge is 2.30. The van der Waals surface area contributed by atoms with E-state index >= 15 is 0 Å². The van der Waals surface area contributed by atoms with Crippen molar-refractivity contribution in [1.29, 1.82) is 0 Å². The highest BCUT2D eigenvalue weighted by molar-refractivity contribution is 5.71. The molecule has 0 N–H and O–H groups in total. The second-order valence-corrected chi connectivity index (χ2v) is 7.51. The summed E-state index contributed by atoms with van der Waals surface area (Å²) in [4.78, 5) is 12.3. The van der Waals surface area contributed by atoms with Crippen molar-refractivity contribution in [3.05, 3.63) is 24.2 Å². The number of imidazole rings is 1. The van der Waals surface area contributed by atoms with Gasteiger partial charge in [0, 0.05) is 30.7 Å². The molecule has 1 atom stereocenters. The van der Waals surface area contributed by atoms with Crippen LogP contribution in [0.3, 0.4) is 0 Å². The molecule has 23 heavy (non-hydrogen) atoms. The van der Waals surface area contributed by atoms with Gasteiger partial charge in [-0.05, 0) is 58.2 Å². The van der Waals surface area contributed by atoms with Crippen molar-refractivity contribution in [2.24, 2.45) is 0 Å². The van der Waals surface area contributed by atoms with Gasteiger partial charge >= 0.3 is 0 Å². The Morgan fingerprint density at radius 2 is 2.00 bits per heavy atom. The second kappa shape index (κ2) is 6.23. The van der Waals surface area contributed by atoms with Crippen LogP contribution >= 0.6 is 0 Å². The summed E-state index contributed by atoms with van der Waals surface area (Å²) in [6.07, 6.45) is 10.9. The van der Waals surface area contributed by atoms with Crippen LogP contribution in [0.25, 0.3) is 11.2 Å². The normalized spacial score (nSPS) is 23.5. The molecule has 0 aromatic carbocycles. The molecule has 1 unspecified atom stereocenters. The van der Waals surface area contributed by atoms with Crippen LogP contribution in [0.1, 0.15) is 64.2 Å². The molecule has 0 bridgehead atoms. The number of rotatable bonds is 4. The van der Waals surface area contributed by atoms with Gasteiger partial charge in [0.2, 0.25) is 0 Å². The van der Waals surface area contributed by atoms with Gasteiger partial charge < -0.3 is 4.57 Å². The maximum atomic E-state index is 4.99. The third-order valence-corrected chi connectivity index (χ3v) is 5.72. The van der Waals surface area contributed by atoms with E-state index in [0.29, 0.717) is 18.1 Å². The molecular weight excluding hydrogens is 284 g/mol. The summed E-state index contributed by atoms with van der Waals surface area (Å²) < 4.78 is 2.49. The van der Waals surface area contributed by atoms with Crippen molar-refractivity contribution in [1.82, 2.24) is 19.4 Å². The molecule has 1 saturated heterocycles. The molecule has 3 heterocycles. The maximum absolute atomic E-state index is 4.99. The molecule has 124 valence electrons. The topological polar surface area (TPSA) is 34.0 Å². The van der Waals surface area contributed by atoms with E-state index in [9.17, 15) is 0 Å². The maximum Gasteiger partial charge on any atom is 0.160 e. The number of hydrogen-bond donors (Lipinski definition) is 0. The average Bonchev–Trinajstić information content (AvgIpc) is 3.25. The van der Waals surface area contributed by atoms with E-state index in [1.165, 1.54) is 50.9 Å². The first-order valence-corrected chi connectivity index (χ1v) is 9.31. The summed E-state index contributed by atoms with van der Waals surface area (Å²) in [5.74, 6) is 1.27. The minimum atomic E-state index is 0.610. The zero-order valence-electron chi connectivity index (χ0n) is 14.4. The number of hydrogen-bond acceptors (Lipinski definition) is 3. The van der Waals surface area contributed by atoms with E-state index < -0.39 is 0 Å². The van der Waals surface area contributed by atoms with Gasteiger partial charge in [0.25, 0.3) is 0 Å². The van der Waals surface area contributed by atoms with E-state index in [0.717, 1.165) is 17.6 Å². The van der Waals surface area contributed by atoms with Crippen LogP contribution in [0.15, 0.2) is 18.3 Å². The summed E-state index contributed by atoms with van der Waals surface area (Å²) in [7, 11) is 0. The Labute approximate surface area is 138 Å². The summed E-state index contributed by atoms with van der Waals surface area (Å²) in [5.41, 5.74) is 2.17. The third-order valence-electron chi connectivity index (χ3n) is 5.72. The van der Waals surface area contributed by atoms with Gasteiger partial charge in [0.15, 0.2) is 5.65 Å². The number of fused-ring (bicyclic) bond motifs is 1. The van der Waals surface area contributed by atoms with Crippen molar-refractivity contribution in [2.45, 2.75) is 76.9 Å². The van der Waals surface area contributed by atoms with Gasteiger partial charge in [0.05, 0.1) is 0 Å². The standard InChI is InChI=1S/C19H28N4/c1-14(2)22-12-6-9-16(22)13-18-21-17-10-5-11-20-19(17)23(18)15-7-3-4-8-15/h5,10-11,14-16H,3-4,6-9,12-13H2,1-2H3. The van der Waals surface area contributed by atoms with Crippen molar-refractivity contribution in [3.63, 3.8) is 0 Å². The first-order valence-electron chi connectivity index (χ1n) is 9.31. The Bertz CT molecular complexity index is 669. The lowest BCUT2D eigenvalue weighted by Gasteiger charge is -2.28. The van der Waals surface area contributed by atoms with Crippen LogP contribution in [0.2, 0.25) is 0 Å². The Morgan fingerprint density at radius 3 is 2.78 bits per heavy atom. The molecule has 0 radical (unpaired) electrons. The van der Waals surface area contributed by atoms with Crippen LogP contribution in [-0.4, -0.2) is 38.1 Å². The Hall–Kier alpha value is -1.42. The van der Waals surface area contributed by atoms with Gasteiger partial charge in [-0.1, -0.05) is 12.8 Å². The lowest BCUT2D eigenvalue weighted by atomic mass is 10.1. The molecule has 2 aromatic rings. The fourth-order valence-corrected chi connectivity index (χ4v) is 4.63. The number of pyridine rings is 1. The Kier molecular flexibility index (Phi) is 4.10. The zero-order valence-corrected chi connectivity index (χ0v) is 14.4. The number of nitrogens with zero attached hydrogens (tertiary/aromatic N) is 4.